The Bertz CT molecular complexity index is 1100. The van der Waals surface area contributed by atoms with E-state index in [1.54, 1.807) is 18.2 Å². The number of rotatable bonds is 3. The van der Waals surface area contributed by atoms with Crippen LogP contribution < -0.4 is 0 Å². The van der Waals surface area contributed by atoms with Crippen molar-refractivity contribution in [2.24, 2.45) is 0 Å². The second-order valence-corrected chi connectivity index (χ2v) is 6.32. The van der Waals surface area contributed by atoms with Crippen molar-refractivity contribution in [2.45, 2.75) is 12.3 Å². The molecule has 4 aromatic carbocycles. The molecule has 0 unspecified atom stereocenters. The number of hydrogen-bond donors (Lipinski definition) is 0. The molecule has 2 nitrogen and oxygen atoms in total. The molecule has 0 fully saturated rings. The third kappa shape index (κ3) is 2.63. The van der Waals surface area contributed by atoms with Gasteiger partial charge >= 0.3 is 12.1 Å². The summed E-state index contributed by atoms with van der Waals surface area (Å²) in [7, 11) is 0. The van der Waals surface area contributed by atoms with Crippen LogP contribution in [0.15, 0.2) is 54.6 Å². The summed E-state index contributed by atoms with van der Waals surface area (Å²) >= 11 is 5.33. The largest absolute Gasteiger partial charge is 0.447 e. The monoisotopic (exact) mass is 376 g/mol. The minimum atomic E-state index is -4.75. The quantitative estimate of drug-likeness (QED) is 0.250. The van der Waals surface area contributed by atoms with Gasteiger partial charge in [-0.15, -0.1) is 11.6 Å². The van der Waals surface area contributed by atoms with Crippen LogP contribution in [0.2, 0.25) is 0 Å². The Labute approximate surface area is 151 Å². The number of ether oxygens (including phenoxy) is 1. The lowest BCUT2D eigenvalue weighted by atomic mass is 9.90. The van der Waals surface area contributed by atoms with Crippen LogP contribution in [0, 0.1) is 0 Å². The third-order valence-corrected chi connectivity index (χ3v) is 4.72. The second kappa shape index (κ2) is 6.02. The SMILES string of the molecule is O=C(CCl)O[C@H](c1ccc2ccc3cccc4ccc1c2c34)C(F)(F)F. The Kier molecular flexibility index (Phi) is 3.92. The van der Waals surface area contributed by atoms with Gasteiger partial charge in [-0.25, -0.2) is 0 Å². The van der Waals surface area contributed by atoms with Gasteiger partial charge in [0.2, 0.25) is 6.10 Å². The smallest absolute Gasteiger partial charge is 0.429 e. The molecule has 0 aromatic heterocycles. The van der Waals surface area contributed by atoms with Gasteiger partial charge in [0.05, 0.1) is 0 Å². The van der Waals surface area contributed by atoms with Crippen LogP contribution in [-0.4, -0.2) is 18.0 Å². The molecule has 0 bridgehead atoms. The highest BCUT2D eigenvalue weighted by atomic mass is 35.5. The van der Waals surface area contributed by atoms with E-state index in [9.17, 15) is 18.0 Å². The van der Waals surface area contributed by atoms with Crippen LogP contribution in [0.4, 0.5) is 13.2 Å². The number of halogens is 4. The molecule has 26 heavy (non-hydrogen) atoms. The topological polar surface area (TPSA) is 26.3 Å². The fraction of sp³-hybridized carbons (Fsp3) is 0.150. The number of alkyl halides is 4. The number of hydrogen-bond acceptors (Lipinski definition) is 2. The maximum atomic E-state index is 13.6. The van der Waals surface area contributed by atoms with Gasteiger partial charge in [-0.1, -0.05) is 54.6 Å². The summed E-state index contributed by atoms with van der Waals surface area (Å²) in [6.45, 7) is 0. The molecule has 6 heteroatoms. The van der Waals surface area contributed by atoms with E-state index >= 15 is 0 Å². The lowest BCUT2D eigenvalue weighted by molar-refractivity contribution is -0.222. The maximum Gasteiger partial charge on any atom is 0.429 e. The molecule has 4 rings (SSSR count). The van der Waals surface area contributed by atoms with E-state index in [0.29, 0.717) is 5.39 Å². The highest BCUT2D eigenvalue weighted by Crippen LogP contribution is 2.43. The predicted octanol–water partition coefficient (Wildman–Crippen LogP) is 5.97. The predicted molar refractivity (Wildman–Crippen MR) is 95.8 cm³/mol. The molecule has 0 heterocycles. The van der Waals surface area contributed by atoms with Gasteiger partial charge in [0.25, 0.3) is 0 Å². The maximum absolute atomic E-state index is 13.6. The first kappa shape index (κ1) is 16.9. The second-order valence-electron chi connectivity index (χ2n) is 6.06. The van der Waals surface area contributed by atoms with Crippen molar-refractivity contribution in [1.29, 1.82) is 0 Å². The molecule has 1 atom stereocenters. The lowest BCUT2D eigenvalue weighted by Crippen LogP contribution is -2.27. The van der Waals surface area contributed by atoms with Gasteiger partial charge in [0.15, 0.2) is 0 Å². The molecule has 0 saturated carbocycles. The highest BCUT2D eigenvalue weighted by Gasteiger charge is 2.44. The van der Waals surface area contributed by atoms with E-state index in [-0.39, 0.29) is 5.56 Å². The summed E-state index contributed by atoms with van der Waals surface area (Å²) in [5.74, 6) is -1.75. The Morgan fingerprint density at radius 3 is 2.12 bits per heavy atom. The van der Waals surface area contributed by atoms with Crippen molar-refractivity contribution >= 4 is 49.9 Å². The van der Waals surface area contributed by atoms with Crippen LogP contribution in [0.3, 0.4) is 0 Å². The molecule has 0 saturated heterocycles. The highest BCUT2D eigenvalue weighted by molar-refractivity contribution is 6.26. The molecular weight excluding hydrogens is 365 g/mol. The molecule has 0 aliphatic heterocycles. The Balaban J connectivity index is 2.04. The van der Waals surface area contributed by atoms with Crippen molar-refractivity contribution in [3.05, 3.63) is 60.2 Å². The summed E-state index contributed by atoms with van der Waals surface area (Å²) in [5.41, 5.74) is -0.0956. The van der Waals surface area contributed by atoms with Crippen LogP contribution in [0.1, 0.15) is 11.7 Å². The third-order valence-electron chi connectivity index (χ3n) is 4.50. The summed E-state index contributed by atoms with van der Waals surface area (Å²) in [4.78, 5) is 11.5. The van der Waals surface area contributed by atoms with Crippen LogP contribution in [0.25, 0.3) is 32.3 Å². The number of esters is 1. The average molecular weight is 377 g/mol. The normalized spacial score (nSPS) is 13.5. The van der Waals surface area contributed by atoms with Crippen molar-refractivity contribution in [2.75, 3.05) is 5.88 Å². The molecule has 132 valence electrons. The van der Waals surface area contributed by atoms with Gasteiger partial charge in [0, 0.05) is 5.56 Å². The first-order valence-electron chi connectivity index (χ1n) is 7.89. The minimum absolute atomic E-state index is 0.0956. The van der Waals surface area contributed by atoms with Gasteiger partial charge in [-0.2, -0.15) is 13.2 Å². The van der Waals surface area contributed by atoms with Crippen molar-refractivity contribution < 1.29 is 22.7 Å². The van der Waals surface area contributed by atoms with Crippen molar-refractivity contribution in [3.8, 4) is 0 Å². The minimum Gasteiger partial charge on any atom is -0.447 e. The zero-order chi connectivity index (χ0) is 18.5. The Hall–Kier alpha value is -2.53. The molecule has 4 aromatic rings. The lowest BCUT2D eigenvalue weighted by Gasteiger charge is -2.23. The molecule has 0 N–H and O–H groups in total. The van der Waals surface area contributed by atoms with Crippen LogP contribution >= 0.6 is 11.6 Å². The van der Waals surface area contributed by atoms with Crippen molar-refractivity contribution in [1.82, 2.24) is 0 Å². The summed E-state index contributed by atoms with van der Waals surface area (Å²) in [6.07, 6.45) is -7.11. The van der Waals surface area contributed by atoms with Gasteiger partial charge in [0.1, 0.15) is 5.88 Å². The first-order valence-corrected chi connectivity index (χ1v) is 8.42. The number of carbonyl (C=O) groups is 1. The molecular formula is C20H12ClF3O2. The van der Waals surface area contributed by atoms with Gasteiger partial charge < -0.3 is 4.74 Å². The fourth-order valence-electron chi connectivity index (χ4n) is 3.46. The molecule has 0 amide bonds. The van der Waals surface area contributed by atoms with E-state index in [1.807, 2.05) is 30.3 Å². The number of carbonyl (C=O) groups excluding carboxylic acids is 1. The zero-order valence-electron chi connectivity index (χ0n) is 13.3. The summed E-state index contributed by atoms with van der Waals surface area (Å²) in [6, 6.07) is 16.0. The summed E-state index contributed by atoms with van der Waals surface area (Å²) in [5, 5.41) is 4.76. The summed E-state index contributed by atoms with van der Waals surface area (Å²) < 4.78 is 45.5. The standard InChI is InChI=1S/C20H12ClF3O2/c21-10-16(25)26-19(20(22,23)24)15-9-7-13-5-4-11-2-1-3-12-6-8-14(15)18(13)17(11)12/h1-9,19H,10H2/t19-/m1/s1. The number of benzene rings is 4. The van der Waals surface area contributed by atoms with E-state index in [0.717, 1.165) is 26.9 Å². The first-order chi connectivity index (χ1) is 12.4. The van der Waals surface area contributed by atoms with E-state index < -0.39 is 24.1 Å². The van der Waals surface area contributed by atoms with E-state index in [1.165, 1.54) is 6.07 Å². The Morgan fingerprint density at radius 2 is 1.50 bits per heavy atom. The van der Waals surface area contributed by atoms with Gasteiger partial charge in [-0.05, 0) is 32.3 Å². The molecule has 0 aliphatic rings. The molecule has 0 radical (unpaired) electrons. The van der Waals surface area contributed by atoms with Crippen LogP contribution in [0.5, 0.6) is 0 Å². The Morgan fingerprint density at radius 1 is 0.923 bits per heavy atom. The van der Waals surface area contributed by atoms with Crippen LogP contribution in [-0.2, 0) is 9.53 Å². The molecule has 0 spiro atoms. The zero-order valence-corrected chi connectivity index (χ0v) is 14.1. The fourth-order valence-corrected chi connectivity index (χ4v) is 3.52. The average Bonchev–Trinajstić information content (AvgIpc) is 2.63. The van der Waals surface area contributed by atoms with E-state index in [4.69, 9.17) is 11.6 Å². The van der Waals surface area contributed by atoms with Gasteiger partial charge in [-0.3, -0.25) is 4.79 Å². The molecule has 0 aliphatic carbocycles. The van der Waals surface area contributed by atoms with Crippen molar-refractivity contribution in [3.63, 3.8) is 0 Å². The van der Waals surface area contributed by atoms with E-state index in [2.05, 4.69) is 4.74 Å².